The first-order chi connectivity index (χ1) is 30.4. The Labute approximate surface area is 370 Å². The highest BCUT2D eigenvalue weighted by Gasteiger charge is 2.51. The SMILES string of the molecule is CO[C@H]1/C=C/O[C@@]2(C)Oc3c(C)c(O)c4c(=O)c(c5oc6cc(OCC7CCCN7C)ccc6nc-5c4c3C2=O)NC(=O)/C(C)=C\C=C\[C@H](C)[C@@H]2O[C@H]([C@H](O)[C@@H]2C)[C@H](OC(C)=O)[C@@H]1C. The van der Waals surface area contributed by atoms with Gasteiger partial charge >= 0.3 is 11.8 Å². The number of nitrogens with zero attached hydrogens (tertiary/aromatic N) is 2. The number of likely N-dealkylation sites (tertiary alicyclic amines) is 1. The molecule has 2 saturated heterocycles. The van der Waals surface area contributed by atoms with E-state index in [2.05, 4.69) is 17.3 Å². The molecule has 340 valence electrons. The number of rotatable bonds is 5. The zero-order valence-corrected chi connectivity index (χ0v) is 37.4. The fraction of sp³-hybridized carbons (Fsp3) is 0.479. The van der Waals surface area contributed by atoms with Crippen molar-refractivity contribution in [3.05, 3.63) is 75.7 Å². The topological polar surface area (TPSA) is 205 Å². The third-order valence-corrected chi connectivity index (χ3v) is 13.3. The molecule has 64 heavy (non-hydrogen) atoms. The van der Waals surface area contributed by atoms with Gasteiger partial charge in [0.15, 0.2) is 11.3 Å². The van der Waals surface area contributed by atoms with E-state index in [0.717, 1.165) is 19.4 Å². The first-order valence-electron chi connectivity index (χ1n) is 21.6. The van der Waals surface area contributed by atoms with Crippen LogP contribution in [-0.4, -0.2) is 107 Å². The number of ether oxygens (including phenoxy) is 6. The molecule has 2 aromatic carbocycles. The number of aliphatic hydroxyl groups is 1. The largest absolute Gasteiger partial charge is 0.507 e. The molecule has 2 aromatic rings. The second-order valence-electron chi connectivity index (χ2n) is 17.7. The summed E-state index contributed by atoms with van der Waals surface area (Å²) in [5.74, 6) is -5.39. The van der Waals surface area contributed by atoms with Crippen LogP contribution in [-0.2, 0) is 28.5 Å². The number of Topliss-reactive ketones (excluding diaryl/α,β-unsaturated/α-hetero) is 1. The maximum atomic E-state index is 14.8. The van der Waals surface area contributed by atoms with Crippen molar-refractivity contribution < 1.29 is 57.4 Å². The number of hydrogen-bond acceptors (Lipinski definition) is 15. The van der Waals surface area contributed by atoms with Crippen molar-refractivity contribution in [2.24, 2.45) is 17.8 Å². The van der Waals surface area contributed by atoms with Gasteiger partial charge in [-0.05, 0) is 58.5 Å². The summed E-state index contributed by atoms with van der Waals surface area (Å²) in [4.78, 5) is 63.1. The third-order valence-electron chi connectivity index (χ3n) is 13.3. The molecule has 0 aromatic heterocycles. The highest BCUT2D eigenvalue weighted by atomic mass is 16.7. The molecule has 0 radical (unpaired) electrons. The van der Waals surface area contributed by atoms with Crippen LogP contribution in [0.3, 0.4) is 0 Å². The normalized spacial score (nSPS) is 31.8. The standard InChI is InChI=1S/C48H55N3O13/c1-22-12-10-13-23(2)47(57)50-37-40(55)34-33(36-44(37)62-32-20-29(15-16-30(32)49-36)59-21-28-14-11-18-51(28)8)35-42(25(4)38(34)53)64-48(7,46(35)56)60-19-17-31(58-9)24(3)43(61-27(6)52)45-39(54)26(5)41(22)63-45/h10,12-13,15-17,19-20,22,24,26,28,31,39,41,43,45,53-54H,11,14,18,21H2,1-9H3,(H,50,57)/b12-10+,19-17+,23-13-/t22-,24+,26-,28?,31-,39+,41-,43+,45+,48-/m0/s1. The number of amides is 1. The van der Waals surface area contributed by atoms with Crippen molar-refractivity contribution in [2.45, 2.75) is 104 Å². The Bertz CT molecular complexity index is 2650. The molecule has 9 rings (SSSR count). The van der Waals surface area contributed by atoms with E-state index in [9.17, 15) is 29.4 Å². The first-order valence-corrected chi connectivity index (χ1v) is 21.6. The van der Waals surface area contributed by atoms with Crippen molar-refractivity contribution in [3.63, 3.8) is 0 Å². The molecule has 0 spiro atoms. The number of likely N-dealkylation sites (N-methyl/N-ethyl adjacent to an activating group) is 1. The van der Waals surface area contributed by atoms with Crippen LogP contribution >= 0.6 is 0 Å². The molecule has 16 nitrogen and oxygen atoms in total. The maximum absolute atomic E-state index is 14.8. The van der Waals surface area contributed by atoms with E-state index in [4.69, 9.17) is 37.8 Å². The van der Waals surface area contributed by atoms with Gasteiger partial charge in [0.1, 0.15) is 53.0 Å². The van der Waals surface area contributed by atoms with Gasteiger partial charge in [-0.15, -0.1) is 0 Å². The van der Waals surface area contributed by atoms with Gasteiger partial charge in [-0.2, -0.15) is 0 Å². The van der Waals surface area contributed by atoms with E-state index in [-0.39, 0.29) is 73.8 Å². The minimum absolute atomic E-state index is 0.00632. The van der Waals surface area contributed by atoms with Crippen LogP contribution in [0.15, 0.2) is 63.6 Å². The van der Waals surface area contributed by atoms with Gasteiger partial charge in [0, 0.05) is 67.3 Å². The maximum Gasteiger partial charge on any atom is 0.312 e. The van der Waals surface area contributed by atoms with Crippen LogP contribution in [0.25, 0.3) is 33.3 Å². The Morgan fingerprint density at radius 3 is 2.55 bits per heavy atom. The number of carbonyl (C=O) groups excluding carboxylic acids is 3. The van der Waals surface area contributed by atoms with Crippen molar-refractivity contribution in [1.29, 1.82) is 0 Å². The minimum Gasteiger partial charge on any atom is -0.507 e. The smallest absolute Gasteiger partial charge is 0.312 e. The number of esters is 1. The number of hydrogen-bond donors (Lipinski definition) is 3. The number of allylic oxidation sites excluding steroid dienone is 2. The van der Waals surface area contributed by atoms with Gasteiger partial charge in [0.2, 0.25) is 5.43 Å². The molecule has 7 bridgehead atoms. The molecular weight excluding hydrogens is 827 g/mol. The fourth-order valence-corrected chi connectivity index (χ4v) is 9.43. The number of aromatic nitrogens is 1. The summed E-state index contributed by atoms with van der Waals surface area (Å²) < 4.78 is 43.1. The number of fused-ring (bicyclic) bond motifs is 9. The zero-order chi connectivity index (χ0) is 45.9. The number of benzene rings is 3. The molecule has 16 heteroatoms. The van der Waals surface area contributed by atoms with Crippen molar-refractivity contribution >= 4 is 45.2 Å². The third kappa shape index (κ3) is 7.79. The lowest BCUT2D eigenvalue weighted by atomic mass is 9.86. The number of anilines is 1. The second kappa shape index (κ2) is 17.3. The summed E-state index contributed by atoms with van der Waals surface area (Å²) in [5.41, 5.74) is -0.331. The summed E-state index contributed by atoms with van der Waals surface area (Å²) in [6.45, 7) is 12.7. The minimum atomic E-state index is -2.02. The molecule has 0 saturated carbocycles. The summed E-state index contributed by atoms with van der Waals surface area (Å²) >= 11 is 0. The molecule has 3 N–H and O–H groups in total. The molecule has 1 aliphatic carbocycles. The van der Waals surface area contributed by atoms with E-state index < -0.39 is 71.1 Å². The van der Waals surface area contributed by atoms with Crippen LogP contribution < -0.4 is 20.2 Å². The van der Waals surface area contributed by atoms with E-state index in [1.54, 1.807) is 44.2 Å². The lowest BCUT2D eigenvalue weighted by Crippen LogP contribution is -2.46. The quantitative estimate of drug-likeness (QED) is 0.116. The van der Waals surface area contributed by atoms with Gasteiger partial charge in [0.25, 0.3) is 11.7 Å². The fourth-order valence-electron chi connectivity index (χ4n) is 9.43. The summed E-state index contributed by atoms with van der Waals surface area (Å²) in [6.07, 6.45) is 5.74. The molecule has 1 unspecified atom stereocenters. The van der Waals surface area contributed by atoms with Gasteiger partial charge < -0.3 is 53.3 Å². The summed E-state index contributed by atoms with van der Waals surface area (Å²) in [7, 11) is 3.52. The molecule has 7 aliphatic rings. The highest BCUT2D eigenvalue weighted by molar-refractivity contribution is 6.22. The number of aliphatic hydroxyl groups excluding tert-OH is 1. The van der Waals surface area contributed by atoms with Crippen LogP contribution in [0.5, 0.6) is 17.2 Å². The number of methoxy groups -OCH3 is 1. The zero-order valence-electron chi connectivity index (χ0n) is 37.4. The summed E-state index contributed by atoms with van der Waals surface area (Å²) in [6, 6.07) is 5.36. The van der Waals surface area contributed by atoms with E-state index in [0.29, 0.717) is 17.9 Å². The van der Waals surface area contributed by atoms with Crippen LogP contribution in [0.4, 0.5) is 5.69 Å². The molecule has 6 heterocycles. The lowest BCUT2D eigenvalue weighted by Gasteiger charge is -2.33. The van der Waals surface area contributed by atoms with Gasteiger partial charge in [-0.1, -0.05) is 39.0 Å². The van der Waals surface area contributed by atoms with Gasteiger partial charge in [-0.3, -0.25) is 19.2 Å². The van der Waals surface area contributed by atoms with Gasteiger partial charge in [0.05, 0.1) is 35.5 Å². The number of ketones is 1. The van der Waals surface area contributed by atoms with Crippen molar-refractivity contribution in [1.82, 2.24) is 9.88 Å². The van der Waals surface area contributed by atoms with Gasteiger partial charge in [-0.25, -0.2) is 4.98 Å². The number of phenolic OH excluding ortho intramolecular Hbond substituents is 1. The number of carbonyl (C=O) groups is 3. The monoisotopic (exact) mass is 881 g/mol. The Balaban J connectivity index is 1.30. The number of phenols is 1. The molecule has 6 aliphatic heterocycles. The van der Waals surface area contributed by atoms with E-state index in [1.807, 2.05) is 19.9 Å². The van der Waals surface area contributed by atoms with Crippen molar-refractivity contribution in [2.75, 3.05) is 32.6 Å². The highest BCUT2D eigenvalue weighted by Crippen LogP contribution is 2.50. The van der Waals surface area contributed by atoms with Crippen molar-refractivity contribution in [3.8, 4) is 28.7 Å². The Kier molecular flexibility index (Phi) is 12.1. The Morgan fingerprint density at radius 2 is 1.84 bits per heavy atom. The summed E-state index contributed by atoms with van der Waals surface area (Å²) in [5, 5.41) is 25.7. The lowest BCUT2D eigenvalue weighted by molar-refractivity contribution is -0.168. The second-order valence-corrected chi connectivity index (χ2v) is 17.7. The van der Waals surface area contributed by atoms with Crippen LogP contribution in [0.1, 0.15) is 70.3 Å². The average molecular weight is 882 g/mol. The van der Waals surface area contributed by atoms with Crippen LogP contribution in [0.2, 0.25) is 0 Å². The predicted octanol–water partition coefficient (Wildman–Crippen LogP) is 6.19. The predicted molar refractivity (Wildman–Crippen MR) is 236 cm³/mol. The first kappa shape index (κ1) is 44.8. The molecule has 1 amide bonds. The Morgan fingerprint density at radius 1 is 1.08 bits per heavy atom. The molecular formula is C48H55N3O13. The van der Waals surface area contributed by atoms with Crippen LogP contribution in [0, 0.1) is 24.7 Å². The molecule has 2 fully saturated rings. The Hall–Kier alpha value is -5.81. The number of aromatic hydroxyl groups is 1. The molecule has 10 atom stereocenters. The van der Waals surface area contributed by atoms with E-state index >= 15 is 0 Å². The average Bonchev–Trinajstić information content (AvgIpc) is 3.90. The van der Waals surface area contributed by atoms with E-state index in [1.165, 1.54) is 40.2 Å². The number of nitrogens with one attached hydrogen (secondary N) is 1.